The molecule has 0 atom stereocenters. The Hall–Kier alpha value is -3.22. The maximum Gasteiger partial charge on any atom is 0.191 e. The largest absolute Gasteiger partial charge is 0.493 e. The molecular formula is C23H31N5O2. The molecule has 0 amide bonds. The molecule has 1 heterocycles. The number of para-hydroxylation sites is 3. The molecule has 7 heteroatoms. The van der Waals surface area contributed by atoms with Gasteiger partial charge in [0.1, 0.15) is 5.82 Å². The van der Waals surface area contributed by atoms with E-state index in [2.05, 4.69) is 52.2 Å². The number of ether oxygens (including phenoxy) is 2. The maximum absolute atomic E-state index is 5.50. The van der Waals surface area contributed by atoms with Gasteiger partial charge in [-0.1, -0.05) is 24.3 Å². The topological polar surface area (TPSA) is 72.7 Å². The van der Waals surface area contributed by atoms with E-state index in [1.54, 1.807) is 14.2 Å². The lowest BCUT2D eigenvalue weighted by Crippen LogP contribution is -2.38. The first-order chi connectivity index (χ1) is 14.7. The molecule has 1 aromatic heterocycles. The van der Waals surface area contributed by atoms with E-state index in [9.17, 15) is 0 Å². The SMILES string of the molecule is CCNC(=NCc1cccc(OC)c1OC)NCCCn1c(C)nc2ccccc21. The van der Waals surface area contributed by atoms with Crippen molar-refractivity contribution in [2.45, 2.75) is 33.4 Å². The summed E-state index contributed by atoms with van der Waals surface area (Å²) in [5.74, 6) is 3.27. The first-order valence-electron chi connectivity index (χ1n) is 10.3. The number of hydrogen-bond acceptors (Lipinski definition) is 4. The van der Waals surface area contributed by atoms with E-state index in [0.29, 0.717) is 12.3 Å². The highest BCUT2D eigenvalue weighted by Gasteiger charge is 2.09. The third-order valence-corrected chi connectivity index (χ3v) is 4.93. The van der Waals surface area contributed by atoms with Crippen LogP contribution in [0.5, 0.6) is 11.5 Å². The number of nitrogens with one attached hydrogen (secondary N) is 2. The highest BCUT2D eigenvalue weighted by atomic mass is 16.5. The van der Waals surface area contributed by atoms with Crippen LogP contribution >= 0.6 is 0 Å². The number of aromatic nitrogens is 2. The van der Waals surface area contributed by atoms with Gasteiger partial charge in [0.15, 0.2) is 17.5 Å². The lowest BCUT2D eigenvalue weighted by molar-refractivity contribution is 0.352. The first-order valence-corrected chi connectivity index (χ1v) is 10.3. The van der Waals surface area contributed by atoms with Gasteiger partial charge in [-0.25, -0.2) is 9.98 Å². The number of nitrogens with zero attached hydrogens (tertiary/aromatic N) is 3. The van der Waals surface area contributed by atoms with Crippen LogP contribution in [-0.4, -0.2) is 42.8 Å². The minimum absolute atomic E-state index is 0.501. The molecule has 0 aliphatic rings. The van der Waals surface area contributed by atoms with Crippen molar-refractivity contribution in [3.05, 3.63) is 53.9 Å². The second-order valence-electron chi connectivity index (χ2n) is 6.93. The number of aryl methyl sites for hydroxylation is 2. The predicted molar refractivity (Wildman–Crippen MR) is 121 cm³/mol. The molecule has 0 unspecified atom stereocenters. The third-order valence-electron chi connectivity index (χ3n) is 4.93. The molecule has 0 fully saturated rings. The molecule has 0 radical (unpaired) electrons. The summed E-state index contributed by atoms with van der Waals surface area (Å²) in [6.07, 6.45) is 0.966. The smallest absolute Gasteiger partial charge is 0.191 e. The van der Waals surface area contributed by atoms with Crippen molar-refractivity contribution >= 4 is 17.0 Å². The van der Waals surface area contributed by atoms with Gasteiger partial charge in [0.25, 0.3) is 0 Å². The molecule has 3 rings (SSSR count). The molecule has 0 aliphatic carbocycles. The van der Waals surface area contributed by atoms with Crippen molar-refractivity contribution in [2.24, 2.45) is 4.99 Å². The number of methoxy groups -OCH3 is 2. The van der Waals surface area contributed by atoms with E-state index in [1.165, 1.54) is 5.52 Å². The van der Waals surface area contributed by atoms with Gasteiger partial charge in [-0.3, -0.25) is 0 Å². The molecule has 30 heavy (non-hydrogen) atoms. The average Bonchev–Trinajstić information content (AvgIpc) is 3.09. The monoisotopic (exact) mass is 409 g/mol. The number of benzene rings is 2. The molecular weight excluding hydrogens is 378 g/mol. The summed E-state index contributed by atoms with van der Waals surface area (Å²) in [5.41, 5.74) is 3.21. The van der Waals surface area contributed by atoms with Crippen molar-refractivity contribution in [1.29, 1.82) is 0 Å². The van der Waals surface area contributed by atoms with Crippen molar-refractivity contribution in [3.8, 4) is 11.5 Å². The summed E-state index contributed by atoms with van der Waals surface area (Å²) in [5, 5.41) is 6.72. The lowest BCUT2D eigenvalue weighted by atomic mass is 10.2. The fourth-order valence-corrected chi connectivity index (χ4v) is 3.51. The number of hydrogen-bond donors (Lipinski definition) is 2. The van der Waals surface area contributed by atoms with E-state index >= 15 is 0 Å². The zero-order valence-electron chi connectivity index (χ0n) is 18.2. The van der Waals surface area contributed by atoms with E-state index in [0.717, 1.165) is 54.7 Å². The van der Waals surface area contributed by atoms with Gasteiger partial charge in [-0.05, 0) is 38.5 Å². The second kappa shape index (κ2) is 10.5. The van der Waals surface area contributed by atoms with Crippen LogP contribution < -0.4 is 20.1 Å². The summed E-state index contributed by atoms with van der Waals surface area (Å²) < 4.78 is 13.1. The standard InChI is InChI=1S/C23H31N5O2/c1-5-24-23(26-16-18-10-8-13-21(29-3)22(18)30-4)25-14-9-15-28-17(2)27-19-11-6-7-12-20(19)28/h6-8,10-13H,5,9,14-16H2,1-4H3,(H2,24,25,26). The minimum Gasteiger partial charge on any atom is -0.493 e. The van der Waals surface area contributed by atoms with Gasteiger partial charge in [-0.2, -0.15) is 0 Å². The Morgan fingerprint density at radius 1 is 1.07 bits per heavy atom. The molecule has 0 aliphatic heterocycles. The summed E-state index contributed by atoms with van der Waals surface area (Å²) >= 11 is 0. The number of fused-ring (bicyclic) bond motifs is 1. The van der Waals surface area contributed by atoms with Gasteiger partial charge in [0, 0.05) is 25.2 Å². The molecule has 3 aromatic rings. The highest BCUT2D eigenvalue weighted by molar-refractivity contribution is 5.79. The van der Waals surface area contributed by atoms with E-state index < -0.39 is 0 Å². The summed E-state index contributed by atoms with van der Waals surface area (Å²) in [6, 6.07) is 14.1. The van der Waals surface area contributed by atoms with Gasteiger partial charge in [-0.15, -0.1) is 0 Å². The zero-order chi connectivity index (χ0) is 21.3. The molecule has 0 saturated carbocycles. The molecule has 160 valence electrons. The van der Waals surface area contributed by atoms with Crippen molar-refractivity contribution in [1.82, 2.24) is 20.2 Å². The Balaban J connectivity index is 1.60. The molecule has 0 saturated heterocycles. The summed E-state index contributed by atoms with van der Waals surface area (Å²) in [6.45, 7) is 7.13. The van der Waals surface area contributed by atoms with Gasteiger partial charge < -0.3 is 24.7 Å². The number of rotatable bonds is 9. The predicted octanol–water partition coefficient (Wildman–Crippen LogP) is 3.51. The number of aliphatic imine (C=N–C) groups is 1. The molecule has 7 nitrogen and oxygen atoms in total. The van der Waals surface area contributed by atoms with Crippen LogP contribution in [0.3, 0.4) is 0 Å². The van der Waals surface area contributed by atoms with Crippen molar-refractivity contribution in [3.63, 3.8) is 0 Å². The van der Waals surface area contributed by atoms with Crippen LogP contribution in [0.4, 0.5) is 0 Å². The Morgan fingerprint density at radius 3 is 2.67 bits per heavy atom. The Kier molecular flexibility index (Phi) is 7.54. The highest BCUT2D eigenvalue weighted by Crippen LogP contribution is 2.31. The third kappa shape index (κ3) is 5.03. The number of imidazole rings is 1. The second-order valence-corrected chi connectivity index (χ2v) is 6.93. The van der Waals surface area contributed by atoms with Crippen molar-refractivity contribution in [2.75, 3.05) is 27.3 Å². The molecule has 0 bridgehead atoms. The van der Waals surface area contributed by atoms with Crippen LogP contribution in [0, 0.1) is 6.92 Å². The maximum atomic E-state index is 5.50. The molecule has 0 spiro atoms. The van der Waals surface area contributed by atoms with E-state index in [4.69, 9.17) is 14.5 Å². The normalized spacial score (nSPS) is 11.5. The Morgan fingerprint density at radius 2 is 1.90 bits per heavy atom. The van der Waals surface area contributed by atoms with Gasteiger partial charge in [0.05, 0.1) is 31.8 Å². The van der Waals surface area contributed by atoms with Crippen LogP contribution in [0.1, 0.15) is 24.7 Å². The van der Waals surface area contributed by atoms with Crippen LogP contribution in [0.25, 0.3) is 11.0 Å². The van der Waals surface area contributed by atoms with Crippen LogP contribution in [0.15, 0.2) is 47.5 Å². The van der Waals surface area contributed by atoms with Crippen molar-refractivity contribution < 1.29 is 9.47 Å². The minimum atomic E-state index is 0.501. The molecule has 2 aromatic carbocycles. The molecule has 2 N–H and O–H groups in total. The Bertz CT molecular complexity index is 996. The van der Waals surface area contributed by atoms with Crippen LogP contribution in [0.2, 0.25) is 0 Å². The first kappa shape index (κ1) is 21.5. The summed E-state index contributed by atoms with van der Waals surface area (Å²) in [4.78, 5) is 9.34. The van der Waals surface area contributed by atoms with Gasteiger partial charge in [0.2, 0.25) is 0 Å². The quantitative estimate of drug-likeness (QED) is 0.321. The fraction of sp³-hybridized carbons (Fsp3) is 0.391. The number of guanidine groups is 1. The average molecular weight is 410 g/mol. The van der Waals surface area contributed by atoms with E-state index in [-0.39, 0.29) is 0 Å². The zero-order valence-corrected chi connectivity index (χ0v) is 18.2. The summed E-state index contributed by atoms with van der Waals surface area (Å²) in [7, 11) is 3.29. The van der Waals surface area contributed by atoms with Gasteiger partial charge >= 0.3 is 0 Å². The Labute approximate surface area is 178 Å². The van der Waals surface area contributed by atoms with E-state index in [1.807, 2.05) is 24.3 Å². The lowest BCUT2D eigenvalue weighted by Gasteiger charge is -2.14. The van der Waals surface area contributed by atoms with Crippen LogP contribution in [-0.2, 0) is 13.1 Å². The fourth-order valence-electron chi connectivity index (χ4n) is 3.51.